The van der Waals surface area contributed by atoms with Crippen molar-refractivity contribution in [3.63, 3.8) is 0 Å². The van der Waals surface area contributed by atoms with E-state index in [-0.39, 0.29) is 32.0 Å². The average Bonchev–Trinajstić information content (AvgIpc) is 3.36. The molecule has 0 aromatic carbocycles. The van der Waals surface area contributed by atoms with Crippen LogP contribution in [0.3, 0.4) is 0 Å². The van der Waals surface area contributed by atoms with Crippen molar-refractivity contribution in [1.82, 2.24) is 0 Å². The van der Waals surface area contributed by atoms with Crippen molar-refractivity contribution in [3.05, 3.63) is 36.5 Å². The summed E-state index contributed by atoms with van der Waals surface area (Å²) in [7, 11) is 1.18. The van der Waals surface area contributed by atoms with Crippen LogP contribution in [0.15, 0.2) is 36.5 Å². The van der Waals surface area contributed by atoms with Gasteiger partial charge in [0.15, 0.2) is 6.10 Å². The molecule has 2 unspecified atom stereocenters. The number of quaternary nitrogens is 1. The van der Waals surface area contributed by atoms with Crippen LogP contribution in [0.1, 0.15) is 309 Å². The van der Waals surface area contributed by atoms with Gasteiger partial charge < -0.3 is 27.9 Å². The lowest BCUT2D eigenvalue weighted by atomic mass is 10.0. The van der Waals surface area contributed by atoms with Crippen LogP contribution in [-0.4, -0.2) is 70.0 Å². The van der Waals surface area contributed by atoms with Crippen LogP contribution in [-0.2, 0) is 32.7 Å². The first-order valence-corrected chi connectivity index (χ1v) is 33.2. The largest absolute Gasteiger partial charge is 0.756 e. The number of rotatable bonds is 59. The zero-order valence-electron chi connectivity index (χ0n) is 49.6. The predicted molar refractivity (Wildman–Crippen MR) is 314 cm³/mol. The monoisotopic (exact) mass is 1060 g/mol. The van der Waals surface area contributed by atoms with Gasteiger partial charge in [0, 0.05) is 12.8 Å². The number of allylic oxidation sites excluding steroid dienone is 6. The van der Waals surface area contributed by atoms with Gasteiger partial charge in [-0.15, -0.1) is 0 Å². The van der Waals surface area contributed by atoms with E-state index in [0.29, 0.717) is 17.4 Å². The van der Waals surface area contributed by atoms with E-state index < -0.39 is 26.5 Å². The summed E-state index contributed by atoms with van der Waals surface area (Å²) >= 11 is 0. The molecule has 0 fully saturated rings. The van der Waals surface area contributed by atoms with Crippen molar-refractivity contribution >= 4 is 19.8 Å². The lowest BCUT2D eigenvalue weighted by molar-refractivity contribution is -0.870. The zero-order chi connectivity index (χ0) is 54.2. The van der Waals surface area contributed by atoms with Crippen molar-refractivity contribution < 1.29 is 42.1 Å². The maximum Gasteiger partial charge on any atom is 0.306 e. The highest BCUT2D eigenvalue weighted by Crippen LogP contribution is 2.38. The highest BCUT2D eigenvalue weighted by atomic mass is 31.2. The van der Waals surface area contributed by atoms with Crippen molar-refractivity contribution in [1.29, 1.82) is 0 Å². The van der Waals surface area contributed by atoms with Gasteiger partial charge >= 0.3 is 11.9 Å². The van der Waals surface area contributed by atoms with Gasteiger partial charge in [-0.25, -0.2) is 0 Å². The van der Waals surface area contributed by atoms with Crippen LogP contribution in [0.4, 0.5) is 0 Å². The van der Waals surface area contributed by atoms with Crippen LogP contribution in [0, 0.1) is 0 Å². The summed E-state index contributed by atoms with van der Waals surface area (Å²) in [6.07, 6.45) is 69.1. The van der Waals surface area contributed by atoms with Gasteiger partial charge in [-0.2, -0.15) is 0 Å². The van der Waals surface area contributed by atoms with Gasteiger partial charge in [-0.3, -0.25) is 14.2 Å². The number of phosphoric ester groups is 1. The molecule has 0 aliphatic carbocycles. The standard InChI is InChI=1S/C64H122NO8P/c1-6-8-10-12-14-16-18-20-22-24-26-28-29-30-31-32-33-34-35-37-39-41-43-45-47-49-51-53-55-57-64(67)73-62(61-72-74(68,69)71-59-58-65(3,4)5)60-70-63(66)56-54-52-50-48-46-44-42-40-38-36-27-25-23-21-19-17-15-13-11-9-7-2/h18,20,24,26,29-30,62H,6-17,19,21-23,25,27-28,31-61H2,1-5H3/b20-18-,26-24-,30-29-. The van der Waals surface area contributed by atoms with Crippen molar-refractivity contribution in [2.24, 2.45) is 0 Å². The normalized spacial score (nSPS) is 13.4. The number of esters is 2. The van der Waals surface area contributed by atoms with Crippen molar-refractivity contribution in [2.75, 3.05) is 47.5 Å². The molecule has 0 bridgehead atoms. The van der Waals surface area contributed by atoms with Gasteiger partial charge in [0.05, 0.1) is 27.7 Å². The summed E-state index contributed by atoms with van der Waals surface area (Å²) in [5, 5.41) is 0. The number of unbranched alkanes of at least 4 members (excludes halogenated alkanes) is 39. The third-order valence-corrected chi connectivity index (χ3v) is 15.1. The molecule has 0 saturated heterocycles. The van der Waals surface area contributed by atoms with Crippen LogP contribution >= 0.6 is 7.82 Å². The first-order chi connectivity index (χ1) is 36.0. The average molecular weight is 1060 g/mol. The summed E-state index contributed by atoms with van der Waals surface area (Å²) in [6.45, 7) is 4.28. The molecule has 10 heteroatoms. The second kappa shape index (κ2) is 56.0. The lowest BCUT2D eigenvalue weighted by Crippen LogP contribution is -2.37. The first-order valence-electron chi connectivity index (χ1n) is 31.7. The Morgan fingerprint density at radius 3 is 1.08 bits per heavy atom. The van der Waals surface area contributed by atoms with E-state index in [2.05, 4.69) is 50.3 Å². The van der Waals surface area contributed by atoms with Gasteiger partial charge in [0.1, 0.15) is 19.8 Å². The van der Waals surface area contributed by atoms with E-state index in [0.717, 1.165) is 51.4 Å². The highest BCUT2D eigenvalue weighted by molar-refractivity contribution is 7.45. The maximum atomic E-state index is 12.8. The number of hydrogen-bond donors (Lipinski definition) is 0. The Morgan fingerprint density at radius 1 is 0.419 bits per heavy atom. The quantitative estimate of drug-likeness (QED) is 0.0195. The number of likely N-dealkylation sites (N-methyl/N-ethyl adjacent to an activating group) is 1. The van der Waals surface area contributed by atoms with E-state index in [4.69, 9.17) is 18.5 Å². The molecule has 9 nitrogen and oxygen atoms in total. The van der Waals surface area contributed by atoms with E-state index in [9.17, 15) is 19.0 Å². The summed E-state index contributed by atoms with van der Waals surface area (Å²) in [5.41, 5.74) is 0. The molecule has 2 atom stereocenters. The molecule has 74 heavy (non-hydrogen) atoms. The summed E-state index contributed by atoms with van der Waals surface area (Å²) in [6, 6.07) is 0. The highest BCUT2D eigenvalue weighted by Gasteiger charge is 2.22. The van der Waals surface area contributed by atoms with Crippen LogP contribution in [0.5, 0.6) is 0 Å². The minimum Gasteiger partial charge on any atom is -0.756 e. The first kappa shape index (κ1) is 72.2. The molecule has 0 N–H and O–H groups in total. The van der Waals surface area contributed by atoms with Gasteiger partial charge in [-0.1, -0.05) is 281 Å². The number of ether oxygens (including phenoxy) is 2. The minimum atomic E-state index is -4.64. The molecule has 0 rings (SSSR count). The van der Waals surface area contributed by atoms with Gasteiger partial charge in [-0.05, 0) is 51.4 Å². The molecule has 0 aromatic heterocycles. The third kappa shape index (κ3) is 59.5. The second-order valence-corrected chi connectivity index (χ2v) is 24.2. The van der Waals surface area contributed by atoms with Gasteiger partial charge in [0.2, 0.25) is 0 Å². The molecule has 0 radical (unpaired) electrons. The molecule has 0 amide bonds. The minimum absolute atomic E-state index is 0.0287. The Kier molecular flexibility index (Phi) is 54.6. The Bertz CT molecular complexity index is 1340. The molecule has 0 heterocycles. The molecule has 0 saturated carbocycles. The number of phosphoric acid groups is 1. The maximum absolute atomic E-state index is 12.8. The topological polar surface area (TPSA) is 111 Å². The molecular weight excluding hydrogens is 942 g/mol. The summed E-state index contributed by atoms with van der Waals surface area (Å²) in [4.78, 5) is 37.9. The van der Waals surface area contributed by atoms with E-state index >= 15 is 0 Å². The Hall–Kier alpha value is -1.77. The zero-order valence-corrected chi connectivity index (χ0v) is 50.5. The smallest absolute Gasteiger partial charge is 0.306 e. The number of carbonyl (C=O) groups is 2. The van der Waals surface area contributed by atoms with E-state index in [1.165, 1.54) is 225 Å². The SMILES string of the molecule is CCCCCCC/C=C\C/C=C\C/C=C\CCCCCCCCCCCCCCCCC(=O)OC(COC(=O)CCCCCCCCCCCCCCCCCCCCCCC)COP(=O)([O-])OCC[N+](C)(C)C. The van der Waals surface area contributed by atoms with Crippen molar-refractivity contribution in [3.8, 4) is 0 Å². The predicted octanol–water partition coefficient (Wildman–Crippen LogP) is 19.3. The number of hydrogen-bond acceptors (Lipinski definition) is 8. The number of carbonyl (C=O) groups excluding carboxylic acids is 2. The Balaban J connectivity index is 4.08. The second-order valence-electron chi connectivity index (χ2n) is 22.8. The molecule has 0 aliphatic rings. The fourth-order valence-electron chi connectivity index (χ4n) is 9.25. The third-order valence-electron chi connectivity index (χ3n) is 14.2. The number of nitrogens with zero attached hydrogens (tertiary/aromatic N) is 1. The van der Waals surface area contributed by atoms with Gasteiger partial charge in [0.25, 0.3) is 7.82 Å². The fourth-order valence-corrected chi connectivity index (χ4v) is 9.98. The van der Waals surface area contributed by atoms with E-state index in [1.54, 1.807) is 0 Å². The summed E-state index contributed by atoms with van der Waals surface area (Å²) < 4.78 is 34.2. The van der Waals surface area contributed by atoms with E-state index in [1.807, 2.05) is 21.1 Å². The van der Waals surface area contributed by atoms with Crippen LogP contribution in [0.2, 0.25) is 0 Å². The molecule has 0 spiro atoms. The van der Waals surface area contributed by atoms with Crippen LogP contribution in [0.25, 0.3) is 0 Å². The Labute approximate surface area is 459 Å². The molecule has 436 valence electrons. The fraction of sp³-hybridized carbons (Fsp3) is 0.875. The lowest BCUT2D eigenvalue weighted by Gasteiger charge is -2.28. The Morgan fingerprint density at radius 2 is 0.730 bits per heavy atom. The van der Waals surface area contributed by atoms with Crippen molar-refractivity contribution in [2.45, 2.75) is 315 Å². The summed E-state index contributed by atoms with van der Waals surface area (Å²) in [5.74, 6) is -0.817. The molecule has 0 aromatic rings. The molecular formula is C64H122NO8P. The van der Waals surface area contributed by atoms with Crippen LogP contribution < -0.4 is 4.89 Å². The molecule has 0 aliphatic heterocycles.